The van der Waals surface area contributed by atoms with Crippen LogP contribution in [0, 0.1) is 0 Å². The van der Waals surface area contributed by atoms with Crippen molar-refractivity contribution in [2.24, 2.45) is 0 Å². The van der Waals surface area contributed by atoms with Gasteiger partial charge in [0.25, 0.3) is 0 Å². The summed E-state index contributed by atoms with van der Waals surface area (Å²) in [5.74, 6) is 0.498. The monoisotopic (exact) mass is 246 g/mol. The van der Waals surface area contributed by atoms with Crippen LogP contribution in [0.5, 0.6) is 0 Å². The normalized spacial score (nSPS) is 33.8. The first-order valence-electron chi connectivity index (χ1n) is 6.50. The van der Waals surface area contributed by atoms with Gasteiger partial charge < -0.3 is 9.47 Å². The number of allylic oxidation sites excluding steroid dienone is 1. The zero-order chi connectivity index (χ0) is 12.9. The van der Waals surface area contributed by atoms with Crippen LogP contribution < -0.4 is 0 Å². The lowest BCUT2D eigenvalue weighted by Crippen LogP contribution is -2.27. The van der Waals surface area contributed by atoms with Gasteiger partial charge in [0, 0.05) is 12.5 Å². The van der Waals surface area contributed by atoms with Crippen LogP contribution in [0.3, 0.4) is 0 Å². The Kier molecular flexibility index (Phi) is 2.49. The van der Waals surface area contributed by atoms with Gasteiger partial charge in [0.05, 0.1) is 6.10 Å². The topological polar surface area (TPSA) is 35.5 Å². The first-order chi connectivity index (χ1) is 8.53. The molecule has 2 atom stereocenters. The van der Waals surface area contributed by atoms with Gasteiger partial charge in [-0.1, -0.05) is 6.08 Å². The third kappa shape index (κ3) is 1.50. The van der Waals surface area contributed by atoms with Crippen molar-refractivity contribution in [1.82, 2.24) is 0 Å². The maximum Gasteiger partial charge on any atom is 0.308 e. The van der Waals surface area contributed by atoms with Gasteiger partial charge in [-0.25, -0.2) is 0 Å². The van der Waals surface area contributed by atoms with Crippen LogP contribution >= 0.6 is 0 Å². The summed E-state index contributed by atoms with van der Waals surface area (Å²) < 4.78 is 11.7. The summed E-state index contributed by atoms with van der Waals surface area (Å²) in [7, 11) is 0. The molecule has 3 aliphatic rings. The van der Waals surface area contributed by atoms with Crippen molar-refractivity contribution >= 4 is 5.97 Å². The molecule has 2 heterocycles. The minimum atomic E-state index is -0.311. The Morgan fingerprint density at radius 3 is 3.00 bits per heavy atom. The molecule has 96 valence electrons. The second kappa shape index (κ2) is 3.82. The van der Waals surface area contributed by atoms with E-state index in [1.165, 1.54) is 6.92 Å². The SMILES string of the molecule is CC(=O)OC1=C2CCCC23C=CC(O3)C(C)=C1C. The molecule has 0 amide bonds. The van der Waals surface area contributed by atoms with Crippen LogP contribution in [-0.2, 0) is 14.3 Å². The molecule has 3 nitrogen and oxygen atoms in total. The molecule has 0 aromatic heterocycles. The van der Waals surface area contributed by atoms with Gasteiger partial charge in [0.2, 0.25) is 0 Å². The fourth-order valence-electron chi connectivity index (χ4n) is 3.19. The Labute approximate surface area is 107 Å². The number of fused-ring (bicyclic) bond motifs is 1. The Bertz CT molecular complexity index is 510. The summed E-state index contributed by atoms with van der Waals surface area (Å²) in [5.41, 5.74) is 3.03. The minimum Gasteiger partial charge on any atom is -0.426 e. The first-order valence-corrected chi connectivity index (χ1v) is 6.50. The Morgan fingerprint density at radius 2 is 2.28 bits per heavy atom. The van der Waals surface area contributed by atoms with E-state index in [1.807, 2.05) is 6.92 Å². The van der Waals surface area contributed by atoms with Crippen LogP contribution in [-0.4, -0.2) is 17.7 Å². The number of ether oxygens (including phenoxy) is 2. The van der Waals surface area contributed by atoms with Crippen LogP contribution in [0.2, 0.25) is 0 Å². The fraction of sp³-hybridized carbons (Fsp3) is 0.533. The highest BCUT2D eigenvalue weighted by atomic mass is 16.5. The lowest BCUT2D eigenvalue weighted by molar-refractivity contribution is -0.136. The average Bonchev–Trinajstić information content (AvgIpc) is 2.91. The summed E-state index contributed by atoms with van der Waals surface area (Å²) >= 11 is 0. The van der Waals surface area contributed by atoms with E-state index in [-0.39, 0.29) is 17.7 Å². The molecule has 0 aromatic rings. The molecule has 2 bridgehead atoms. The highest BCUT2D eigenvalue weighted by Crippen LogP contribution is 2.49. The second-order valence-electron chi connectivity index (χ2n) is 5.35. The van der Waals surface area contributed by atoms with E-state index in [2.05, 4.69) is 19.1 Å². The van der Waals surface area contributed by atoms with Crippen LogP contribution in [0.15, 0.2) is 34.6 Å². The van der Waals surface area contributed by atoms with Crippen molar-refractivity contribution in [1.29, 1.82) is 0 Å². The Balaban J connectivity index is 2.18. The lowest BCUT2D eigenvalue weighted by atomic mass is 9.92. The molecule has 0 radical (unpaired) electrons. The number of rotatable bonds is 1. The molecule has 18 heavy (non-hydrogen) atoms. The number of hydrogen-bond donors (Lipinski definition) is 0. The number of carbonyl (C=O) groups excluding carboxylic acids is 1. The van der Waals surface area contributed by atoms with Gasteiger partial charge in [0.1, 0.15) is 11.4 Å². The number of esters is 1. The molecule has 0 N–H and O–H groups in total. The fourth-order valence-corrected chi connectivity index (χ4v) is 3.19. The molecule has 1 saturated carbocycles. The molecule has 2 aliphatic heterocycles. The maximum atomic E-state index is 11.3. The van der Waals surface area contributed by atoms with Crippen molar-refractivity contribution in [3.8, 4) is 0 Å². The molecule has 1 spiro atoms. The highest BCUT2D eigenvalue weighted by molar-refractivity contribution is 5.69. The molecule has 2 unspecified atom stereocenters. The maximum absolute atomic E-state index is 11.3. The van der Waals surface area contributed by atoms with Crippen LogP contribution in [0.1, 0.15) is 40.0 Å². The van der Waals surface area contributed by atoms with Crippen molar-refractivity contribution in [2.75, 3.05) is 0 Å². The molecular weight excluding hydrogens is 228 g/mol. The van der Waals surface area contributed by atoms with Gasteiger partial charge in [-0.15, -0.1) is 0 Å². The largest absolute Gasteiger partial charge is 0.426 e. The van der Waals surface area contributed by atoms with Gasteiger partial charge >= 0.3 is 5.97 Å². The van der Waals surface area contributed by atoms with E-state index in [9.17, 15) is 4.79 Å². The van der Waals surface area contributed by atoms with E-state index >= 15 is 0 Å². The van der Waals surface area contributed by atoms with Crippen molar-refractivity contribution in [3.63, 3.8) is 0 Å². The lowest BCUT2D eigenvalue weighted by Gasteiger charge is -2.25. The molecular formula is C15H18O3. The summed E-state index contributed by atoms with van der Waals surface area (Å²) in [4.78, 5) is 11.3. The zero-order valence-electron chi connectivity index (χ0n) is 11.1. The van der Waals surface area contributed by atoms with Crippen LogP contribution in [0.25, 0.3) is 0 Å². The predicted molar refractivity (Wildman–Crippen MR) is 67.8 cm³/mol. The van der Waals surface area contributed by atoms with E-state index in [0.29, 0.717) is 0 Å². The van der Waals surface area contributed by atoms with Gasteiger partial charge in [-0.3, -0.25) is 4.79 Å². The smallest absolute Gasteiger partial charge is 0.308 e. The van der Waals surface area contributed by atoms with Gasteiger partial charge in [-0.05, 0) is 50.3 Å². The van der Waals surface area contributed by atoms with Crippen molar-refractivity contribution in [3.05, 3.63) is 34.6 Å². The molecule has 3 rings (SSSR count). The Hall–Kier alpha value is -1.35. The zero-order valence-corrected chi connectivity index (χ0v) is 11.1. The van der Waals surface area contributed by atoms with Crippen molar-refractivity contribution < 1.29 is 14.3 Å². The predicted octanol–water partition coefficient (Wildman–Crippen LogP) is 3.03. The third-order valence-electron chi connectivity index (χ3n) is 4.24. The van der Waals surface area contributed by atoms with E-state index in [4.69, 9.17) is 9.47 Å². The molecule has 1 aliphatic carbocycles. The molecule has 3 heteroatoms. The summed E-state index contributed by atoms with van der Waals surface area (Å²) in [6.07, 6.45) is 7.34. The van der Waals surface area contributed by atoms with Crippen LogP contribution in [0.4, 0.5) is 0 Å². The van der Waals surface area contributed by atoms with E-state index in [1.54, 1.807) is 0 Å². The summed E-state index contributed by atoms with van der Waals surface area (Å²) in [6, 6.07) is 0. The number of hydrogen-bond acceptors (Lipinski definition) is 3. The molecule has 1 fully saturated rings. The number of carbonyl (C=O) groups is 1. The van der Waals surface area contributed by atoms with E-state index in [0.717, 1.165) is 41.7 Å². The average molecular weight is 246 g/mol. The van der Waals surface area contributed by atoms with E-state index < -0.39 is 0 Å². The summed E-state index contributed by atoms with van der Waals surface area (Å²) in [5, 5.41) is 0. The minimum absolute atomic E-state index is 0.0335. The quantitative estimate of drug-likeness (QED) is 0.527. The highest BCUT2D eigenvalue weighted by Gasteiger charge is 2.47. The third-order valence-corrected chi connectivity index (χ3v) is 4.24. The molecule has 0 saturated heterocycles. The summed E-state index contributed by atoms with van der Waals surface area (Å²) in [6.45, 7) is 5.52. The van der Waals surface area contributed by atoms with Gasteiger partial charge in [-0.2, -0.15) is 0 Å². The Morgan fingerprint density at radius 1 is 1.50 bits per heavy atom. The van der Waals surface area contributed by atoms with Crippen molar-refractivity contribution in [2.45, 2.75) is 51.7 Å². The first kappa shape index (κ1) is 11.7. The second-order valence-corrected chi connectivity index (χ2v) is 5.35. The standard InChI is InChI=1S/C15H18O3/c1-9-10(2)14(17-11(3)16)12-5-4-7-15(12)8-6-13(9)18-15/h6,8,13H,4-5,7H2,1-3H3. The molecule has 0 aromatic carbocycles. The van der Waals surface area contributed by atoms with Gasteiger partial charge in [0.15, 0.2) is 0 Å².